The second-order valence-corrected chi connectivity index (χ2v) is 9.49. The number of carbonyl (C=O) groups is 2. The maximum absolute atomic E-state index is 12.6. The Bertz CT molecular complexity index is 906. The lowest BCUT2D eigenvalue weighted by Gasteiger charge is -2.25. The van der Waals surface area contributed by atoms with Crippen molar-refractivity contribution in [2.24, 2.45) is 5.92 Å². The van der Waals surface area contributed by atoms with E-state index in [2.05, 4.69) is 61.2 Å². The molecule has 1 aromatic carbocycles. The Hall–Kier alpha value is -2.25. The molecule has 0 saturated heterocycles. The van der Waals surface area contributed by atoms with Crippen LogP contribution < -0.4 is 10.6 Å². The van der Waals surface area contributed by atoms with Gasteiger partial charge < -0.3 is 15.5 Å². The molecule has 7 heteroatoms. The van der Waals surface area contributed by atoms with Gasteiger partial charge in [-0.15, -0.1) is 11.3 Å². The summed E-state index contributed by atoms with van der Waals surface area (Å²) in [6.45, 7) is 11.1. The van der Waals surface area contributed by atoms with Crippen molar-refractivity contribution in [1.29, 1.82) is 0 Å². The van der Waals surface area contributed by atoms with E-state index >= 15 is 0 Å². The first-order chi connectivity index (χ1) is 14.7. The summed E-state index contributed by atoms with van der Waals surface area (Å²) in [7, 11) is 3.80. The third kappa shape index (κ3) is 7.74. The van der Waals surface area contributed by atoms with Crippen LogP contribution in [-0.4, -0.2) is 54.9 Å². The molecular weight excluding hydrogens is 408 g/mol. The predicted molar refractivity (Wildman–Crippen MR) is 129 cm³/mol. The number of amides is 2. The number of aryl methyl sites for hydroxylation is 2. The molecule has 0 fully saturated rings. The number of likely N-dealkylation sites (N-methyl/N-ethyl adjacent to an activating group) is 1. The molecule has 31 heavy (non-hydrogen) atoms. The van der Waals surface area contributed by atoms with Crippen LogP contribution in [0.15, 0.2) is 30.4 Å². The standard InChI is InChI=1S/C24H36N4O2S/c1-7-16(3)20(14-25-24(30)17(4)15-28(5)6)26-22(29)11-12-23-27-19-10-9-18(8-2)13-21(19)31-23/h9-10,13,16,20H,4,7-8,11-12,14-15H2,1-3,5-6H3,(H,25,30)(H,26,29). The average Bonchev–Trinajstić information content (AvgIpc) is 3.15. The zero-order chi connectivity index (χ0) is 23.0. The molecule has 0 saturated carbocycles. The minimum absolute atomic E-state index is 0.0137. The summed E-state index contributed by atoms with van der Waals surface area (Å²) < 4.78 is 1.17. The minimum Gasteiger partial charge on any atom is -0.351 e. The van der Waals surface area contributed by atoms with Crippen LogP contribution >= 0.6 is 11.3 Å². The molecule has 170 valence electrons. The number of rotatable bonds is 12. The number of thiazole rings is 1. The summed E-state index contributed by atoms with van der Waals surface area (Å²) in [6.07, 6.45) is 2.92. The van der Waals surface area contributed by atoms with E-state index < -0.39 is 0 Å². The molecule has 1 aromatic heterocycles. The lowest BCUT2D eigenvalue weighted by molar-refractivity contribution is -0.123. The van der Waals surface area contributed by atoms with Gasteiger partial charge in [-0.3, -0.25) is 9.59 Å². The number of hydrogen-bond acceptors (Lipinski definition) is 5. The van der Waals surface area contributed by atoms with Gasteiger partial charge in [-0.25, -0.2) is 4.98 Å². The summed E-state index contributed by atoms with van der Waals surface area (Å²) in [6, 6.07) is 6.23. The van der Waals surface area contributed by atoms with Gasteiger partial charge in [-0.05, 0) is 44.1 Å². The SMILES string of the molecule is C=C(CN(C)C)C(=O)NCC(NC(=O)CCc1nc2ccc(CC)cc2s1)C(C)CC. The van der Waals surface area contributed by atoms with Gasteiger partial charge in [0.05, 0.1) is 15.2 Å². The molecule has 0 bridgehead atoms. The van der Waals surface area contributed by atoms with Gasteiger partial charge in [-0.1, -0.05) is 39.8 Å². The van der Waals surface area contributed by atoms with Crippen LogP contribution in [0.25, 0.3) is 10.2 Å². The lowest BCUT2D eigenvalue weighted by Crippen LogP contribution is -2.47. The van der Waals surface area contributed by atoms with Crippen molar-refractivity contribution in [2.45, 2.75) is 52.5 Å². The maximum atomic E-state index is 12.6. The third-order valence-corrected chi connectivity index (χ3v) is 6.54. The quantitative estimate of drug-likeness (QED) is 0.491. The zero-order valence-corrected chi connectivity index (χ0v) is 20.3. The van der Waals surface area contributed by atoms with E-state index in [9.17, 15) is 9.59 Å². The third-order valence-electron chi connectivity index (χ3n) is 5.46. The Morgan fingerprint density at radius 1 is 1.26 bits per heavy atom. The minimum atomic E-state index is -0.169. The number of benzene rings is 1. The topological polar surface area (TPSA) is 74.3 Å². The van der Waals surface area contributed by atoms with Crippen LogP contribution in [0.3, 0.4) is 0 Å². The first kappa shape index (κ1) is 25.0. The molecule has 1 heterocycles. The highest BCUT2D eigenvalue weighted by atomic mass is 32.1. The highest BCUT2D eigenvalue weighted by Crippen LogP contribution is 2.24. The summed E-state index contributed by atoms with van der Waals surface area (Å²) in [5.41, 5.74) is 2.81. The fraction of sp³-hybridized carbons (Fsp3) is 0.542. The van der Waals surface area contributed by atoms with Crippen LogP contribution in [0.4, 0.5) is 0 Å². The maximum Gasteiger partial charge on any atom is 0.247 e. The molecule has 0 spiro atoms. The van der Waals surface area contributed by atoms with Gasteiger partial charge in [-0.2, -0.15) is 0 Å². The van der Waals surface area contributed by atoms with E-state index in [1.165, 1.54) is 10.3 Å². The molecule has 0 radical (unpaired) electrons. The number of hydrogen-bond donors (Lipinski definition) is 2. The van der Waals surface area contributed by atoms with Crippen LogP contribution in [-0.2, 0) is 22.4 Å². The van der Waals surface area contributed by atoms with E-state index in [1.54, 1.807) is 11.3 Å². The normalized spacial score (nSPS) is 13.2. The Morgan fingerprint density at radius 3 is 2.65 bits per heavy atom. The number of nitrogens with one attached hydrogen (secondary N) is 2. The molecule has 2 N–H and O–H groups in total. The van der Waals surface area contributed by atoms with Gasteiger partial charge in [0.15, 0.2) is 0 Å². The summed E-state index contributed by atoms with van der Waals surface area (Å²) in [4.78, 5) is 31.4. The van der Waals surface area contributed by atoms with Crippen LogP contribution in [0.5, 0.6) is 0 Å². The number of nitrogens with zero attached hydrogens (tertiary/aromatic N) is 2. The molecule has 6 nitrogen and oxygen atoms in total. The fourth-order valence-corrected chi connectivity index (χ4v) is 4.33. The van der Waals surface area contributed by atoms with E-state index in [0.29, 0.717) is 31.5 Å². The van der Waals surface area contributed by atoms with Crippen LogP contribution in [0, 0.1) is 5.92 Å². The molecule has 0 aliphatic heterocycles. The molecule has 0 aliphatic carbocycles. The highest BCUT2D eigenvalue weighted by molar-refractivity contribution is 7.18. The molecular formula is C24H36N4O2S. The first-order valence-electron chi connectivity index (χ1n) is 11.0. The van der Waals surface area contributed by atoms with Gasteiger partial charge in [0, 0.05) is 37.5 Å². The zero-order valence-electron chi connectivity index (χ0n) is 19.5. The van der Waals surface area contributed by atoms with Crippen molar-refractivity contribution in [2.75, 3.05) is 27.2 Å². The van der Waals surface area contributed by atoms with Crippen molar-refractivity contribution >= 4 is 33.4 Å². The van der Waals surface area contributed by atoms with E-state index in [0.717, 1.165) is 23.4 Å². The second kappa shape index (κ2) is 12.0. The van der Waals surface area contributed by atoms with Gasteiger partial charge >= 0.3 is 0 Å². The molecule has 2 atom stereocenters. The number of carbonyl (C=O) groups excluding carboxylic acids is 2. The number of aromatic nitrogens is 1. The van der Waals surface area contributed by atoms with E-state index in [-0.39, 0.29) is 23.8 Å². The smallest absolute Gasteiger partial charge is 0.247 e. The van der Waals surface area contributed by atoms with Crippen molar-refractivity contribution < 1.29 is 9.59 Å². The average molecular weight is 445 g/mol. The Morgan fingerprint density at radius 2 is 2.00 bits per heavy atom. The monoisotopic (exact) mass is 444 g/mol. The summed E-state index contributed by atoms with van der Waals surface area (Å²) in [5, 5.41) is 7.01. The largest absolute Gasteiger partial charge is 0.351 e. The molecule has 2 unspecified atom stereocenters. The van der Waals surface area contributed by atoms with Crippen LogP contribution in [0.1, 0.15) is 44.2 Å². The highest BCUT2D eigenvalue weighted by Gasteiger charge is 2.20. The molecule has 2 aromatic rings. The van der Waals surface area contributed by atoms with Crippen molar-refractivity contribution in [1.82, 2.24) is 20.5 Å². The summed E-state index contributed by atoms with van der Waals surface area (Å²) >= 11 is 1.66. The molecule has 2 amide bonds. The van der Waals surface area contributed by atoms with Gasteiger partial charge in [0.1, 0.15) is 0 Å². The van der Waals surface area contributed by atoms with Crippen molar-refractivity contribution in [3.8, 4) is 0 Å². The Balaban J connectivity index is 1.90. The Kier molecular flexibility index (Phi) is 9.65. The summed E-state index contributed by atoms with van der Waals surface area (Å²) in [5.74, 6) is 0.0682. The molecule has 0 aliphatic rings. The molecule has 2 rings (SSSR count). The number of fused-ring (bicyclic) bond motifs is 1. The van der Waals surface area contributed by atoms with Crippen LogP contribution in [0.2, 0.25) is 0 Å². The van der Waals surface area contributed by atoms with E-state index in [4.69, 9.17) is 0 Å². The van der Waals surface area contributed by atoms with Crippen molar-refractivity contribution in [3.05, 3.63) is 40.9 Å². The Labute approximate surface area is 190 Å². The van der Waals surface area contributed by atoms with Crippen molar-refractivity contribution in [3.63, 3.8) is 0 Å². The van der Waals surface area contributed by atoms with E-state index in [1.807, 2.05) is 19.0 Å². The lowest BCUT2D eigenvalue weighted by atomic mass is 9.98. The fourth-order valence-electron chi connectivity index (χ4n) is 3.30. The van der Waals surface area contributed by atoms with Gasteiger partial charge in [0.25, 0.3) is 0 Å². The second-order valence-electron chi connectivity index (χ2n) is 8.37. The first-order valence-corrected chi connectivity index (χ1v) is 11.8. The predicted octanol–water partition coefficient (Wildman–Crippen LogP) is 3.56. The van der Waals surface area contributed by atoms with Gasteiger partial charge in [0.2, 0.25) is 11.8 Å².